The topological polar surface area (TPSA) is 63.2 Å². The molecule has 1 N–H and O–H groups in total. The number of rotatable bonds is 4. The van der Waals surface area contributed by atoms with Gasteiger partial charge in [0.25, 0.3) is 5.91 Å². The van der Waals surface area contributed by atoms with Gasteiger partial charge < -0.3 is 5.32 Å². The van der Waals surface area contributed by atoms with Gasteiger partial charge in [0.15, 0.2) is 9.84 Å². The van der Waals surface area contributed by atoms with Gasteiger partial charge in [-0.15, -0.1) is 0 Å². The molecular formula is C13H18ClNO3S. The molecule has 0 bridgehead atoms. The van der Waals surface area contributed by atoms with Gasteiger partial charge in [0, 0.05) is 6.54 Å². The summed E-state index contributed by atoms with van der Waals surface area (Å²) in [7, 11) is -3.23. The molecule has 0 fully saturated rings. The standard InChI is InChI=1S/C13H18ClNO3S/c1-13(2,3)19(17,18)9-8-15-12(16)10-6-4-5-7-11(10)14/h4-7H,8-9H2,1-3H3,(H,15,16). The molecule has 1 amide bonds. The third-order valence-corrected chi connectivity index (χ3v) is 5.65. The molecule has 0 atom stereocenters. The maximum absolute atomic E-state index is 11.9. The molecular weight excluding hydrogens is 286 g/mol. The Morgan fingerprint density at radius 1 is 1.26 bits per heavy atom. The highest BCUT2D eigenvalue weighted by Gasteiger charge is 2.28. The number of benzene rings is 1. The number of sulfone groups is 1. The second-order valence-electron chi connectivity index (χ2n) is 5.17. The van der Waals surface area contributed by atoms with Crippen LogP contribution >= 0.6 is 11.6 Å². The van der Waals surface area contributed by atoms with Gasteiger partial charge in [-0.25, -0.2) is 8.42 Å². The molecule has 0 heterocycles. The first-order valence-electron chi connectivity index (χ1n) is 5.90. The van der Waals surface area contributed by atoms with Crippen molar-refractivity contribution in [3.05, 3.63) is 34.9 Å². The SMILES string of the molecule is CC(C)(C)S(=O)(=O)CCNC(=O)c1ccccc1Cl. The molecule has 0 aliphatic carbocycles. The fraction of sp³-hybridized carbons (Fsp3) is 0.462. The zero-order chi connectivity index (χ0) is 14.7. The molecule has 6 heteroatoms. The number of nitrogens with one attached hydrogen (secondary N) is 1. The van der Waals surface area contributed by atoms with Crippen LogP contribution in [0.5, 0.6) is 0 Å². The van der Waals surface area contributed by atoms with Gasteiger partial charge in [0.05, 0.1) is 21.1 Å². The van der Waals surface area contributed by atoms with E-state index in [4.69, 9.17) is 11.6 Å². The zero-order valence-corrected chi connectivity index (χ0v) is 12.8. The summed E-state index contributed by atoms with van der Waals surface area (Å²) in [5, 5.41) is 2.91. The molecule has 0 aromatic heterocycles. The van der Waals surface area contributed by atoms with E-state index < -0.39 is 14.6 Å². The average Bonchev–Trinajstić information content (AvgIpc) is 2.27. The quantitative estimate of drug-likeness (QED) is 0.928. The molecule has 1 aromatic carbocycles. The van der Waals surface area contributed by atoms with Crippen LogP contribution in [0.3, 0.4) is 0 Å². The van der Waals surface area contributed by atoms with E-state index in [0.29, 0.717) is 10.6 Å². The van der Waals surface area contributed by atoms with Gasteiger partial charge in [-0.2, -0.15) is 0 Å². The fourth-order valence-electron chi connectivity index (χ4n) is 1.35. The Balaban J connectivity index is 2.61. The van der Waals surface area contributed by atoms with Crippen LogP contribution in [-0.2, 0) is 9.84 Å². The molecule has 4 nitrogen and oxygen atoms in total. The van der Waals surface area contributed by atoms with Crippen LogP contribution in [-0.4, -0.2) is 31.4 Å². The van der Waals surface area contributed by atoms with Crippen LogP contribution in [0.25, 0.3) is 0 Å². The van der Waals surface area contributed by atoms with Crippen molar-refractivity contribution >= 4 is 27.3 Å². The summed E-state index contributed by atoms with van der Waals surface area (Å²) in [6.07, 6.45) is 0. The van der Waals surface area contributed by atoms with Crippen LogP contribution in [0.4, 0.5) is 0 Å². The predicted octanol–water partition coefficient (Wildman–Crippen LogP) is 2.28. The zero-order valence-electron chi connectivity index (χ0n) is 11.2. The largest absolute Gasteiger partial charge is 0.351 e. The van der Waals surface area contributed by atoms with Crippen molar-refractivity contribution in [2.45, 2.75) is 25.5 Å². The second-order valence-corrected chi connectivity index (χ2v) is 8.44. The number of hydrogen-bond donors (Lipinski definition) is 1. The van der Waals surface area contributed by atoms with Gasteiger partial charge in [-0.1, -0.05) is 23.7 Å². The van der Waals surface area contributed by atoms with E-state index in [1.54, 1.807) is 45.0 Å². The number of hydrogen-bond acceptors (Lipinski definition) is 3. The molecule has 0 radical (unpaired) electrons. The molecule has 106 valence electrons. The van der Waals surface area contributed by atoms with Crippen molar-refractivity contribution in [2.75, 3.05) is 12.3 Å². The minimum Gasteiger partial charge on any atom is -0.351 e. The van der Waals surface area contributed by atoms with Gasteiger partial charge in [-0.3, -0.25) is 4.79 Å². The van der Waals surface area contributed by atoms with Crippen molar-refractivity contribution in [3.8, 4) is 0 Å². The molecule has 0 unspecified atom stereocenters. The summed E-state index contributed by atoms with van der Waals surface area (Å²) in [6, 6.07) is 6.63. The summed E-state index contributed by atoms with van der Waals surface area (Å²) >= 11 is 5.88. The Morgan fingerprint density at radius 2 is 1.84 bits per heavy atom. The number of halogens is 1. The lowest BCUT2D eigenvalue weighted by molar-refractivity contribution is 0.0956. The van der Waals surface area contributed by atoms with Crippen molar-refractivity contribution in [1.29, 1.82) is 0 Å². The van der Waals surface area contributed by atoms with E-state index in [1.807, 2.05) is 0 Å². The van der Waals surface area contributed by atoms with Crippen LogP contribution < -0.4 is 5.32 Å². The molecule has 1 aromatic rings. The van der Waals surface area contributed by atoms with Gasteiger partial charge in [0.1, 0.15) is 0 Å². The normalized spacial score (nSPS) is 12.2. The third-order valence-electron chi connectivity index (χ3n) is 2.71. The van der Waals surface area contributed by atoms with E-state index in [1.165, 1.54) is 0 Å². The molecule has 19 heavy (non-hydrogen) atoms. The van der Waals surface area contributed by atoms with E-state index in [2.05, 4.69) is 5.32 Å². The lowest BCUT2D eigenvalue weighted by Crippen LogP contribution is -2.36. The van der Waals surface area contributed by atoms with E-state index in [9.17, 15) is 13.2 Å². The fourth-order valence-corrected chi connectivity index (χ4v) is 2.55. The number of amides is 1. The first-order chi connectivity index (χ1) is 8.65. The van der Waals surface area contributed by atoms with Crippen molar-refractivity contribution in [3.63, 3.8) is 0 Å². The Labute approximate surface area is 119 Å². The molecule has 0 saturated heterocycles. The van der Waals surface area contributed by atoms with Gasteiger partial charge in [-0.05, 0) is 32.9 Å². The first-order valence-corrected chi connectivity index (χ1v) is 7.93. The van der Waals surface area contributed by atoms with Gasteiger partial charge in [0.2, 0.25) is 0 Å². The highest BCUT2D eigenvalue weighted by molar-refractivity contribution is 7.92. The Kier molecular flexibility index (Phi) is 4.98. The maximum atomic E-state index is 11.9. The summed E-state index contributed by atoms with van der Waals surface area (Å²) in [4.78, 5) is 11.8. The highest BCUT2D eigenvalue weighted by Crippen LogP contribution is 2.16. The van der Waals surface area contributed by atoms with Gasteiger partial charge >= 0.3 is 0 Å². The van der Waals surface area contributed by atoms with Crippen LogP contribution in [0, 0.1) is 0 Å². The smallest absolute Gasteiger partial charge is 0.252 e. The minimum absolute atomic E-state index is 0.0731. The average molecular weight is 304 g/mol. The minimum atomic E-state index is -3.23. The molecule has 0 spiro atoms. The maximum Gasteiger partial charge on any atom is 0.252 e. The third kappa shape index (κ3) is 4.21. The summed E-state index contributed by atoms with van der Waals surface area (Å²) in [5.74, 6) is -0.457. The first kappa shape index (κ1) is 16.0. The lowest BCUT2D eigenvalue weighted by atomic mass is 10.2. The predicted molar refractivity (Wildman–Crippen MR) is 77.3 cm³/mol. The molecule has 0 saturated carbocycles. The van der Waals surface area contributed by atoms with Crippen molar-refractivity contribution in [1.82, 2.24) is 5.32 Å². The number of carbonyl (C=O) groups is 1. The van der Waals surface area contributed by atoms with Crippen LogP contribution in [0.2, 0.25) is 5.02 Å². The van der Waals surface area contributed by atoms with E-state index in [-0.39, 0.29) is 18.2 Å². The monoisotopic (exact) mass is 303 g/mol. The number of carbonyl (C=O) groups excluding carboxylic acids is 1. The van der Waals surface area contributed by atoms with Crippen molar-refractivity contribution in [2.24, 2.45) is 0 Å². The van der Waals surface area contributed by atoms with E-state index in [0.717, 1.165) is 0 Å². The summed E-state index contributed by atoms with van der Waals surface area (Å²) < 4.78 is 22.9. The van der Waals surface area contributed by atoms with Crippen LogP contribution in [0.15, 0.2) is 24.3 Å². The second kappa shape index (κ2) is 5.92. The Hall–Kier alpha value is -1.07. The molecule has 1 rings (SSSR count). The van der Waals surface area contributed by atoms with Crippen molar-refractivity contribution < 1.29 is 13.2 Å². The van der Waals surface area contributed by atoms with Crippen LogP contribution in [0.1, 0.15) is 31.1 Å². The lowest BCUT2D eigenvalue weighted by Gasteiger charge is -2.19. The molecule has 0 aliphatic heterocycles. The Morgan fingerprint density at radius 3 is 2.37 bits per heavy atom. The Bertz CT molecular complexity index is 561. The van der Waals surface area contributed by atoms with E-state index >= 15 is 0 Å². The molecule has 0 aliphatic rings. The summed E-state index contributed by atoms with van der Waals surface area (Å²) in [6.45, 7) is 4.98. The highest BCUT2D eigenvalue weighted by atomic mass is 35.5. The summed E-state index contributed by atoms with van der Waals surface area (Å²) in [5.41, 5.74) is 0.345.